The Balaban J connectivity index is 1.56. The summed E-state index contributed by atoms with van der Waals surface area (Å²) in [5.41, 5.74) is 3.80. The summed E-state index contributed by atoms with van der Waals surface area (Å²) in [4.78, 5) is 15.5. The van der Waals surface area contributed by atoms with Gasteiger partial charge in [0.25, 0.3) is 5.91 Å². The maximum absolute atomic E-state index is 13.6. The second-order valence-corrected chi connectivity index (χ2v) is 8.81. The predicted octanol–water partition coefficient (Wildman–Crippen LogP) is 4.53. The van der Waals surface area contributed by atoms with Crippen LogP contribution in [-0.4, -0.2) is 63.6 Å². The number of hydrogen-bond acceptors (Lipinski definition) is 7. The van der Waals surface area contributed by atoms with E-state index in [1.165, 1.54) is 0 Å². The van der Waals surface area contributed by atoms with Crippen LogP contribution in [-0.2, 0) is 11.3 Å². The van der Waals surface area contributed by atoms with E-state index in [1.54, 1.807) is 33.4 Å². The van der Waals surface area contributed by atoms with Crippen molar-refractivity contribution in [3.63, 3.8) is 0 Å². The molecule has 1 unspecified atom stereocenters. The van der Waals surface area contributed by atoms with Crippen LogP contribution in [0.2, 0.25) is 0 Å². The van der Waals surface area contributed by atoms with Gasteiger partial charge >= 0.3 is 0 Å². The molecular weight excluding hydrogens is 470 g/mol. The van der Waals surface area contributed by atoms with Gasteiger partial charge in [0, 0.05) is 18.5 Å². The van der Waals surface area contributed by atoms with Gasteiger partial charge in [-0.2, -0.15) is 5.10 Å². The number of carbonyl (C=O) groups excluding carboxylic acids is 1. The molecule has 0 fully saturated rings. The van der Waals surface area contributed by atoms with Crippen LogP contribution in [0.5, 0.6) is 23.0 Å². The van der Waals surface area contributed by atoms with Gasteiger partial charge in [-0.1, -0.05) is 48.5 Å². The first kappa shape index (κ1) is 26.0. The highest BCUT2D eigenvalue weighted by Gasteiger charge is 2.33. The van der Waals surface area contributed by atoms with Crippen LogP contribution < -0.4 is 18.9 Å². The van der Waals surface area contributed by atoms with Crippen molar-refractivity contribution in [2.24, 2.45) is 5.10 Å². The highest BCUT2D eigenvalue weighted by atomic mass is 16.5. The summed E-state index contributed by atoms with van der Waals surface area (Å²) < 4.78 is 21.8. The summed E-state index contributed by atoms with van der Waals surface area (Å²) >= 11 is 0. The molecule has 3 aromatic rings. The molecule has 0 spiro atoms. The minimum absolute atomic E-state index is 0.0892. The number of rotatable bonds is 10. The maximum Gasteiger partial charge on any atom is 0.257 e. The Morgan fingerprint density at radius 3 is 2.22 bits per heavy atom. The summed E-state index contributed by atoms with van der Waals surface area (Å²) in [5, 5.41) is 6.40. The number of amides is 1. The van der Waals surface area contributed by atoms with E-state index in [0.717, 1.165) is 28.2 Å². The Morgan fingerprint density at radius 2 is 1.59 bits per heavy atom. The summed E-state index contributed by atoms with van der Waals surface area (Å²) in [6, 6.07) is 21.3. The molecule has 1 atom stereocenters. The number of benzene rings is 3. The highest BCUT2D eigenvalue weighted by molar-refractivity contribution is 6.03. The van der Waals surface area contributed by atoms with Gasteiger partial charge < -0.3 is 18.9 Å². The molecule has 0 bridgehead atoms. The van der Waals surface area contributed by atoms with Crippen molar-refractivity contribution in [3.8, 4) is 23.0 Å². The molecule has 1 heterocycles. The number of ether oxygens (including phenoxy) is 4. The first-order valence-electron chi connectivity index (χ1n) is 12.0. The van der Waals surface area contributed by atoms with Gasteiger partial charge in [0.05, 0.1) is 46.7 Å². The number of hydrazone groups is 1. The Bertz CT molecular complexity index is 1240. The average molecular weight is 504 g/mol. The Morgan fingerprint density at radius 1 is 0.892 bits per heavy atom. The lowest BCUT2D eigenvalue weighted by Crippen LogP contribution is -2.36. The topological polar surface area (TPSA) is 72.8 Å². The van der Waals surface area contributed by atoms with Gasteiger partial charge in [0.15, 0.2) is 11.5 Å². The van der Waals surface area contributed by atoms with Crippen LogP contribution in [0.3, 0.4) is 0 Å². The van der Waals surface area contributed by atoms with Gasteiger partial charge in [-0.15, -0.1) is 0 Å². The summed E-state index contributed by atoms with van der Waals surface area (Å²) in [7, 11) is 8.29. The van der Waals surface area contributed by atoms with E-state index in [2.05, 4.69) is 0 Å². The van der Waals surface area contributed by atoms with Gasteiger partial charge in [-0.25, -0.2) is 5.01 Å². The van der Waals surface area contributed by atoms with E-state index < -0.39 is 0 Å². The zero-order chi connectivity index (χ0) is 26.4. The van der Waals surface area contributed by atoms with Crippen molar-refractivity contribution >= 4 is 11.6 Å². The number of methoxy groups -OCH3 is 4. The van der Waals surface area contributed by atoms with Crippen LogP contribution in [0.15, 0.2) is 71.8 Å². The third-order valence-electron chi connectivity index (χ3n) is 6.40. The van der Waals surface area contributed by atoms with E-state index in [4.69, 9.17) is 24.0 Å². The summed E-state index contributed by atoms with van der Waals surface area (Å²) in [6.45, 7) is 0.654. The Kier molecular flexibility index (Phi) is 8.30. The molecule has 8 heteroatoms. The summed E-state index contributed by atoms with van der Waals surface area (Å²) in [5.74, 6) is 2.38. The Hall–Kier alpha value is -4.04. The van der Waals surface area contributed by atoms with E-state index >= 15 is 0 Å². The summed E-state index contributed by atoms with van der Waals surface area (Å²) in [6.07, 6.45) is 0.634. The third-order valence-corrected chi connectivity index (χ3v) is 6.40. The van der Waals surface area contributed by atoms with Gasteiger partial charge in [-0.05, 0) is 36.4 Å². The zero-order valence-electron chi connectivity index (χ0n) is 21.9. The zero-order valence-corrected chi connectivity index (χ0v) is 21.9. The molecular formula is C29H33N3O5. The fraction of sp³-hybridized carbons (Fsp3) is 0.310. The number of hydrogen-bond donors (Lipinski definition) is 0. The maximum atomic E-state index is 13.6. The smallest absolute Gasteiger partial charge is 0.257 e. The van der Waals surface area contributed by atoms with E-state index in [-0.39, 0.29) is 18.5 Å². The molecule has 3 aromatic carbocycles. The molecule has 37 heavy (non-hydrogen) atoms. The monoisotopic (exact) mass is 503 g/mol. The van der Waals surface area contributed by atoms with Crippen molar-refractivity contribution in [2.45, 2.75) is 19.0 Å². The molecule has 1 amide bonds. The second kappa shape index (κ2) is 11.8. The van der Waals surface area contributed by atoms with Crippen LogP contribution >= 0.6 is 0 Å². The minimum atomic E-state index is -0.197. The molecule has 0 saturated heterocycles. The highest BCUT2D eigenvalue weighted by Crippen LogP contribution is 2.40. The molecule has 0 saturated carbocycles. The van der Waals surface area contributed by atoms with Gasteiger partial charge in [0.1, 0.15) is 5.75 Å². The number of nitrogens with zero attached hydrogens (tertiary/aromatic N) is 3. The molecule has 0 N–H and O–H groups in total. The van der Waals surface area contributed by atoms with Crippen molar-refractivity contribution in [1.82, 2.24) is 9.91 Å². The molecule has 4 rings (SSSR count). The van der Waals surface area contributed by atoms with E-state index in [9.17, 15) is 4.79 Å². The quantitative estimate of drug-likeness (QED) is 0.405. The minimum Gasteiger partial charge on any atom is -0.497 e. The molecule has 1 aliphatic rings. The van der Waals surface area contributed by atoms with Gasteiger partial charge in [0.2, 0.25) is 5.75 Å². The fourth-order valence-electron chi connectivity index (χ4n) is 4.57. The van der Waals surface area contributed by atoms with Crippen LogP contribution in [0.1, 0.15) is 29.2 Å². The SMILES string of the molecule is COc1ccc(C2CC(c3ccccc3)=NN2C(=O)CN(C)Cc2ccc(OC)c(OC)c2OC)cc1. The first-order chi connectivity index (χ1) is 18.0. The average Bonchev–Trinajstić information content (AvgIpc) is 3.39. The fourth-order valence-corrected chi connectivity index (χ4v) is 4.57. The predicted molar refractivity (Wildman–Crippen MR) is 143 cm³/mol. The normalized spacial score (nSPS) is 14.9. The lowest BCUT2D eigenvalue weighted by Gasteiger charge is -2.25. The largest absolute Gasteiger partial charge is 0.497 e. The molecule has 0 aromatic heterocycles. The molecule has 8 nitrogen and oxygen atoms in total. The lowest BCUT2D eigenvalue weighted by molar-refractivity contribution is -0.134. The lowest BCUT2D eigenvalue weighted by atomic mass is 9.98. The van der Waals surface area contributed by atoms with E-state index in [0.29, 0.717) is 30.2 Å². The van der Waals surface area contributed by atoms with Crippen molar-refractivity contribution in [2.75, 3.05) is 42.0 Å². The number of carbonyl (C=O) groups is 1. The van der Waals surface area contributed by atoms with Crippen molar-refractivity contribution < 1.29 is 23.7 Å². The van der Waals surface area contributed by atoms with Crippen LogP contribution in [0.4, 0.5) is 0 Å². The standard InChI is InChI=1S/C29H33N3O5/c1-31(18-22-13-16-26(35-3)29(37-5)28(22)36-4)19-27(33)32-25(21-11-14-23(34-2)15-12-21)17-24(30-32)20-9-7-6-8-10-20/h6-16,25H,17-19H2,1-5H3. The second-order valence-electron chi connectivity index (χ2n) is 8.81. The van der Waals surface area contributed by atoms with Crippen LogP contribution in [0.25, 0.3) is 0 Å². The molecule has 194 valence electrons. The van der Waals surface area contributed by atoms with Crippen LogP contribution in [0, 0.1) is 0 Å². The van der Waals surface area contributed by atoms with Crippen molar-refractivity contribution in [3.05, 3.63) is 83.4 Å². The van der Waals surface area contributed by atoms with Gasteiger partial charge in [-0.3, -0.25) is 9.69 Å². The molecule has 0 aliphatic carbocycles. The Labute approximate surface area is 218 Å². The molecule has 0 radical (unpaired) electrons. The first-order valence-corrected chi connectivity index (χ1v) is 12.0. The third kappa shape index (κ3) is 5.70. The number of likely N-dealkylation sites (N-methyl/N-ethyl adjacent to an activating group) is 1. The van der Waals surface area contributed by atoms with Crippen molar-refractivity contribution in [1.29, 1.82) is 0 Å². The molecule has 1 aliphatic heterocycles. The van der Waals surface area contributed by atoms with E-state index in [1.807, 2.05) is 78.7 Å².